The van der Waals surface area contributed by atoms with Gasteiger partial charge in [0.1, 0.15) is 11.4 Å². The maximum atomic E-state index is 13.0. The van der Waals surface area contributed by atoms with Crippen LogP contribution in [0.15, 0.2) is 67.1 Å². The molecule has 0 saturated heterocycles. The number of amides is 1. The molecule has 0 aliphatic heterocycles. The molecule has 2 aromatic carbocycles. The SMILES string of the molecule is CCNCc1cncc(-c2ccc3[nH]nc(-c4ncc(C(=O)NC[C@]5(O)CC[C@@H](c6ccccc6)CC5)[nH]4)c3c2)c1C. The molecule has 1 saturated carbocycles. The van der Waals surface area contributed by atoms with E-state index < -0.39 is 5.60 Å². The molecule has 0 bridgehead atoms. The lowest BCUT2D eigenvalue weighted by atomic mass is 9.76. The van der Waals surface area contributed by atoms with Crippen LogP contribution in [0.4, 0.5) is 0 Å². The first-order valence-electron chi connectivity index (χ1n) is 14.7. The molecule has 1 fully saturated rings. The molecule has 9 nitrogen and oxygen atoms in total. The van der Waals surface area contributed by atoms with Crippen molar-refractivity contribution >= 4 is 16.8 Å². The summed E-state index contributed by atoms with van der Waals surface area (Å²) in [4.78, 5) is 25.1. The molecule has 42 heavy (non-hydrogen) atoms. The number of imidazole rings is 1. The number of aromatic amines is 2. The third kappa shape index (κ3) is 5.70. The van der Waals surface area contributed by atoms with Gasteiger partial charge < -0.3 is 20.7 Å². The lowest BCUT2D eigenvalue weighted by Crippen LogP contribution is -2.45. The predicted molar refractivity (Wildman–Crippen MR) is 164 cm³/mol. The standard InChI is InChI=1S/C33H37N7O2/c1-3-34-16-25-17-35-18-27(21(25)2)24-9-10-28-26(15-24)30(40-39-28)31-36-19-29(38-31)32(41)37-20-33(42)13-11-23(12-14-33)22-7-5-4-6-8-22/h4-10,15,17-19,23,34,42H,3,11-14,16,20H2,1-2H3,(H,36,38)(H,37,41)(H,39,40)/t23-,33+. The van der Waals surface area contributed by atoms with Crippen molar-refractivity contribution in [2.45, 2.75) is 57.6 Å². The van der Waals surface area contributed by atoms with Crippen molar-refractivity contribution in [3.63, 3.8) is 0 Å². The van der Waals surface area contributed by atoms with Gasteiger partial charge in [-0.1, -0.05) is 43.3 Å². The molecule has 3 heterocycles. The molecule has 9 heteroatoms. The van der Waals surface area contributed by atoms with Gasteiger partial charge in [-0.25, -0.2) is 4.98 Å². The van der Waals surface area contributed by atoms with Crippen molar-refractivity contribution in [2.24, 2.45) is 0 Å². The van der Waals surface area contributed by atoms with E-state index in [4.69, 9.17) is 0 Å². The summed E-state index contributed by atoms with van der Waals surface area (Å²) in [7, 11) is 0. The number of benzene rings is 2. The van der Waals surface area contributed by atoms with Gasteiger partial charge in [0.2, 0.25) is 0 Å². The number of hydrogen-bond acceptors (Lipinski definition) is 6. The van der Waals surface area contributed by atoms with Crippen LogP contribution in [-0.2, 0) is 6.54 Å². The van der Waals surface area contributed by atoms with Crippen molar-refractivity contribution in [3.05, 3.63) is 89.5 Å². The average Bonchev–Trinajstić information content (AvgIpc) is 3.68. The van der Waals surface area contributed by atoms with Crippen LogP contribution < -0.4 is 10.6 Å². The Kier molecular flexibility index (Phi) is 7.86. The first-order valence-corrected chi connectivity index (χ1v) is 14.7. The molecule has 3 aromatic heterocycles. The number of carbonyl (C=O) groups excluding carboxylic acids is 1. The molecular formula is C33H37N7O2. The van der Waals surface area contributed by atoms with Gasteiger partial charge >= 0.3 is 0 Å². The van der Waals surface area contributed by atoms with Gasteiger partial charge in [0.15, 0.2) is 5.82 Å². The van der Waals surface area contributed by atoms with Crippen LogP contribution in [0, 0.1) is 6.92 Å². The molecule has 0 radical (unpaired) electrons. The van der Waals surface area contributed by atoms with Gasteiger partial charge in [0.25, 0.3) is 5.91 Å². The second kappa shape index (κ2) is 11.9. The largest absolute Gasteiger partial charge is 0.388 e. The second-order valence-corrected chi connectivity index (χ2v) is 11.3. The fraction of sp³-hybridized carbons (Fsp3) is 0.333. The highest BCUT2D eigenvalue weighted by Gasteiger charge is 2.34. The summed E-state index contributed by atoms with van der Waals surface area (Å²) in [5.41, 5.74) is 6.70. The van der Waals surface area contributed by atoms with Gasteiger partial charge in [-0.15, -0.1) is 0 Å². The number of rotatable bonds is 9. The van der Waals surface area contributed by atoms with Crippen LogP contribution in [0.2, 0.25) is 0 Å². The molecule has 216 valence electrons. The highest BCUT2D eigenvalue weighted by Crippen LogP contribution is 2.38. The summed E-state index contributed by atoms with van der Waals surface area (Å²) in [6.45, 7) is 6.08. The van der Waals surface area contributed by atoms with E-state index in [2.05, 4.69) is 86.0 Å². The van der Waals surface area contributed by atoms with E-state index in [1.807, 2.05) is 24.5 Å². The second-order valence-electron chi connectivity index (χ2n) is 11.3. The van der Waals surface area contributed by atoms with Crippen LogP contribution in [0.5, 0.6) is 0 Å². The lowest BCUT2D eigenvalue weighted by molar-refractivity contribution is 0.000515. The number of nitrogens with zero attached hydrogens (tertiary/aromatic N) is 3. The summed E-state index contributed by atoms with van der Waals surface area (Å²) in [5.74, 6) is 0.650. The summed E-state index contributed by atoms with van der Waals surface area (Å²) < 4.78 is 0. The smallest absolute Gasteiger partial charge is 0.269 e. The Morgan fingerprint density at radius 1 is 1.10 bits per heavy atom. The number of carbonyl (C=O) groups is 1. The average molecular weight is 564 g/mol. The van der Waals surface area contributed by atoms with E-state index in [1.54, 1.807) is 0 Å². The first kappa shape index (κ1) is 27.8. The van der Waals surface area contributed by atoms with E-state index in [0.717, 1.165) is 53.5 Å². The fourth-order valence-corrected chi connectivity index (χ4v) is 5.95. The number of hydrogen-bond donors (Lipinski definition) is 5. The Balaban J connectivity index is 1.14. The van der Waals surface area contributed by atoms with E-state index >= 15 is 0 Å². The molecule has 6 rings (SSSR count). The molecule has 0 spiro atoms. The Hall–Kier alpha value is -4.34. The molecule has 1 aliphatic carbocycles. The van der Waals surface area contributed by atoms with Crippen LogP contribution in [0.3, 0.4) is 0 Å². The molecule has 0 unspecified atom stereocenters. The highest BCUT2D eigenvalue weighted by atomic mass is 16.3. The summed E-state index contributed by atoms with van der Waals surface area (Å²) in [6.07, 6.45) is 8.41. The Labute approximate surface area is 245 Å². The van der Waals surface area contributed by atoms with Crippen molar-refractivity contribution < 1.29 is 9.90 Å². The Morgan fingerprint density at radius 3 is 2.69 bits per heavy atom. The lowest BCUT2D eigenvalue weighted by Gasteiger charge is -2.36. The zero-order valence-corrected chi connectivity index (χ0v) is 24.1. The normalized spacial score (nSPS) is 18.8. The Bertz CT molecular complexity index is 1680. The van der Waals surface area contributed by atoms with E-state index in [1.165, 1.54) is 17.3 Å². The van der Waals surface area contributed by atoms with Gasteiger partial charge in [-0.3, -0.25) is 14.9 Å². The minimum absolute atomic E-state index is 0.205. The van der Waals surface area contributed by atoms with Crippen LogP contribution in [0.25, 0.3) is 33.5 Å². The van der Waals surface area contributed by atoms with Gasteiger partial charge in [0, 0.05) is 36.4 Å². The van der Waals surface area contributed by atoms with Crippen molar-refractivity contribution in [1.29, 1.82) is 0 Å². The van der Waals surface area contributed by atoms with Gasteiger partial charge in [-0.2, -0.15) is 5.10 Å². The maximum Gasteiger partial charge on any atom is 0.269 e. The Morgan fingerprint density at radius 2 is 1.90 bits per heavy atom. The van der Waals surface area contributed by atoms with Crippen molar-refractivity contribution in [2.75, 3.05) is 13.1 Å². The van der Waals surface area contributed by atoms with Crippen LogP contribution in [0.1, 0.15) is 65.7 Å². The molecule has 1 aliphatic rings. The minimum atomic E-state index is -0.907. The van der Waals surface area contributed by atoms with Crippen LogP contribution in [-0.4, -0.2) is 54.9 Å². The highest BCUT2D eigenvalue weighted by molar-refractivity contribution is 5.96. The first-order chi connectivity index (χ1) is 20.4. The molecule has 0 atom stereocenters. The maximum absolute atomic E-state index is 13.0. The molecule has 1 amide bonds. The summed E-state index contributed by atoms with van der Waals surface area (Å²) >= 11 is 0. The van der Waals surface area contributed by atoms with Crippen LogP contribution >= 0.6 is 0 Å². The predicted octanol–water partition coefficient (Wildman–Crippen LogP) is 5.25. The molecule has 5 N–H and O–H groups in total. The monoisotopic (exact) mass is 563 g/mol. The zero-order valence-electron chi connectivity index (χ0n) is 24.1. The number of pyridine rings is 1. The summed E-state index contributed by atoms with van der Waals surface area (Å²) in [6, 6.07) is 16.6. The third-order valence-corrected chi connectivity index (χ3v) is 8.57. The summed E-state index contributed by atoms with van der Waals surface area (Å²) in [5, 5.41) is 25.9. The minimum Gasteiger partial charge on any atom is -0.388 e. The number of aromatic nitrogens is 5. The third-order valence-electron chi connectivity index (χ3n) is 8.57. The topological polar surface area (TPSA) is 132 Å². The zero-order chi connectivity index (χ0) is 29.1. The van der Waals surface area contributed by atoms with E-state index in [0.29, 0.717) is 36.0 Å². The van der Waals surface area contributed by atoms with Gasteiger partial charge in [0.05, 0.1) is 17.3 Å². The van der Waals surface area contributed by atoms with Crippen molar-refractivity contribution in [3.8, 4) is 22.6 Å². The quantitative estimate of drug-likeness (QED) is 0.166. The number of nitrogens with one attached hydrogen (secondary N) is 4. The number of H-pyrrole nitrogens is 2. The van der Waals surface area contributed by atoms with Crippen molar-refractivity contribution in [1.82, 2.24) is 35.8 Å². The van der Waals surface area contributed by atoms with E-state index in [9.17, 15) is 9.90 Å². The fourth-order valence-electron chi connectivity index (χ4n) is 5.95. The molecule has 5 aromatic rings. The van der Waals surface area contributed by atoms with E-state index in [-0.39, 0.29) is 12.5 Å². The van der Waals surface area contributed by atoms with Gasteiger partial charge in [-0.05, 0) is 79.5 Å². The molecular weight excluding hydrogens is 526 g/mol. The number of aliphatic hydroxyl groups is 1. The number of fused-ring (bicyclic) bond motifs is 1.